The van der Waals surface area contributed by atoms with Crippen LogP contribution in [0.3, 0.4) is 0 Å². The molecule has 0 unspecified atom stereocenters. The van der Waals surface area contributed by atoms with Gasteiger partial charge in [0.25, 0.3) is 16.8 Å². The Morgan fingerprint density at radius 2 is 1.55 bits per heavy atom. The maximum absolute atomic E-state index is 13.1. The quantitative estimate of drug-likeness (QED) is 0.148. The average Bonchev–Trinajstić information content (AvgIpc) is 3.17. The molecule has 5 rings (SSSR count). The molecular formula is C27H17N3O7S. The number of imide groups is 1. The van der Waals surface area contributed by atoms with E-state index in [1.54, 1.807) is 18.2 Å². The number of rotatable bonds is 7. The highest BCUT2D eigenvalue weighted by molar-refractivity contribution is 8.18. The molecule has 1 fully saturated rings. The molecule has 0 atom stereocenters. The van der Waals surface area contributed by atoms with E-state index in [9.17, 15) is 29.8 Å². The Kier molecular flexibility index (Phi) is 6.58. The summed E-state index contributed by atoms with van der Waals surface area (Å²) >= 11 is 0.788. The minimum atomic E-state index is -0.775. The SMILES string of the molecule is O=C1S/C(=C\c2ccccc2Oc2ccc([N+](=O)[O-])cc2[N+](=O)[O-])C(=O)N1Cc1ccc2ccccc2c1. The number of carbonyl (C=O) groups excluding carboxylic acids is 2. The summed E-state index contributed by atoms with van der Waals surface area (Å²) in [5.74, 6) is -0.499. The molecule has 0 bridgehead atoms. The fourth-order valence-corrected chi connectivity index (χ4v) is 4.79. The summed E-state index contributed by atoms with van der Waals surface area (Å²) < 4.78 is 5.74. The minimum absolute atomic E-state index is 0.111. The van der Waals surface area contributed by atoms with Crippen LogP contribution in [0, 0.1) is 20.2 Å². The Labute approximate surface area is 219 Å². The number of benzene rings is 4. The van der Waals surface area contributed by atoms with Gasteiger partial charge in [0, 0.05) is 11.6 Å². The second kappa shape index (κ2) is 10.1. The molecule has 1 heterocycles. The lowest BCUT2D eigenvalue weighted by molar-refractivity contribution is -0.394. The number of thioether (sulfide) groups is 1. The first-order valence-corrected chi connectivity index (χ1v) is 12.0. The van der Waals surface area contributed by atoms with Crippen molar-refractivity contribution in [3.63, 3.8) is 0 Å². The van der Waals surface area contributed by atoms with Gasteiger partial charge >= 0.3 is 5.69 Å². The highest BCUT2D eigenvalue weighted by Gasteiger charge is 2.35. The number of ether oxygens (including phenoxy) is 1. The molecule has 0 aromatic heterocycles. The summed E-state index contributed by atoms with van der Waals surface area (Å²) in [7, 11) is 0. The number of non-ortho nitro benzene ring substituents is 1. The van der Waals surface area contributed by atoms with Crippen molar-refractivity contribution in [1.29, 1.82) is 0 Å². The summed E-state index contributed by atoms with van der Waals surface area (Å²) in [5.41, 5.74) is 0.181. The number of nitro groups is 2. The first kappa shape index (κ1) is 24.7. The van der Waals surface area contributed by atoms with E-state index >= 15 is 0 Å². The van der Waals surface area contributed by atoms with E-state index in [0.29, 0.717) is 5.56 Å². The third-order valence-electron chi connectivity index (χ3n) is 5.80. The molecule has 11 heteroatoms. The van der Waals surface area contributed by atoms with Crippen LogP contribution in [-0.4, -0.2) is 25.9 Å². The lowest BCUT2D eigenvalue weighted by Crippen LogP contribution is -2.27. The van der Waals surface area contributed by atoms with Crippen LogP contribution >= 0.6 is 11.8 Å². The first-order valence-electron chi connectivity index (χ1n) is 11.2. The van der Waals surface area contributed by atoms with E-state index in [1.807, 2.05) is 42.5 Å². The molecule has 1 aliphatic rings. The Morgan fingerprint density at radius 1 is 0.816 bits per heavy atom. The maximum atomic E-state index is 13.1. The minimum Gasteiger partial charge on any atom is -0.449 e. The molecule has 0 spiro atoms. The van der Waals surface area contributed by atoms with Gasteiger partial charge in [-0.2, -0.15) is 0 Å². The van der Waals surface area contributed by atoms with Crippen LogP contribution in [0.15, 0.2) is 89.8 Å². The third kappa shape index (κ3) is 4.95. The number of para-hydroxylation sites is 1. The monoisotopic (exact) mass is 527 g/mol. The van der Waals surface area contributed by atoms with Crippen molar-refractivity contribution in [2.24, 2.45) is 0 Å². The lowest BCUT2D eigenvalue weighted by Gasteiger charge is -2.13. The molecule has 188 valence electrons. The summed E-state index contributed by atoms with van der Waals surface area (Å²) in [6.07, 6.45) is 1.48. The van der Waals surface area contributed by atoms with E-state index < -0.39 is 32.4 Å². The molecule has 1 saturated heterocycles. The smallest absolute Gasteiger partial charge is 0.318 e. The van der Waals surface area contributed by atoms with Crippen molar-refractivity contribution in [1.82, 2.24) is 4.90 Å². The predicted molar refractivity (Wildman–Crippen MR) is 142 cm³/mol. The highest BCUT2D eigenvalue weighted by atomic mass is 32.2. The third-order valence-corrected chi connectivity index (χ3v) is 6.71. The molecule has 38 heavy (non-hydrogen) atoms. The van der Waals surface area contributed by atoms with Crippen LogP contribution in [0.4, 0.5) is 16.2 Å². The zero-order valence-electron chi connectivity index (χ0n) is 19.5. The largest absolute Gasteiger partial charge is 0.449 e. The van der Waals surface area contributed by atoms with Crippen LogP contribution in [0.1, 0.15) is 11.1 Å². The van der Waals surface area contributed by atoms with Gasteiger partial charge in [-0.3, -0.25) is 34.7 Å². The van der Waals surface area contributed by atoms with Crippen LogP contribution in [0.2, 0.25) is 0 Å². The van der Waals surface area contributed by atoms with E-state index in [1.165, 1.54) is 12.1 Å². The van der Waals surface area contributed by atoms with Crippen molar-refractivity contribution in [3.05, 3.63) is 121 Å². The van der Waals surface area contributed by atoms with Gasteiger partial charge in [-0.1, -0.05) is 54.6 Å². The second-order valence-electron chi connectivity index (χ2n) is 8.26. The number of carbonyl (C=O) groups is 2. The molecule has 0 N–H and O–H groups in total. The van der Waals surface area contributed by atoms with Crippen molar-refractivity contribution in [2.75, 3.05) is 0 Å². The van der Waals surface area contributed by atoms with E-state index in [2.05, 4.69) is 0 Å². The summed E-state index contributed by atoms with van der Waals surface area (Å²) in [5, 5.41) is 24.1. The molecule has 4 aromatic rings. The normalized spacial score (nSPS) is 14.3. The zero-order valence-corrected chi connectivity index (χ0v) is 20.3. The molecule has 0 radical (unpaired) electrons. The number of hydrogen-bond donors (Lipinski definition) is 0. The Hall–Kier alpha value is -5.03. The van der Waals surface area contributed by atoms with E-state index in [-0.39, 0.29) is 22.9 Å². The van der Waals surface area contributed by atoms with Gasteiger partial charge in [0.1, 0.15) is 5.75 Å². The predicted octanol–water partition coefficient (Wildman–Crippen LogP) is 6.69. The fraction of sp³-hybridized carbons (Fsp3) is 0.0370. The fourth-order valence-electron chi connectivity index (χ4n) is 3.96. The summed E-state index contributed by atoms with van der Waals surface area (Å²) in [6, 6.07) is 23.1. The van der Waals surface area contributed by atoms with Crippen LogP contribution in [0.25, 0.3) is 16.8 Å². The highest BCUT2D eigenvalue weighted by Crippen LogP contribution is 2.38. The molecular weight excluding hydrogens is 510 g/mol. The maximum Gasteiger partial charge on any atom is 0.318 e. The van der Waals surface area contributed by atoms with Crippen molar-refractivity contribution >= 4 is 51.1 Å². The number of amides is 2. The van der Waals surface area contributed by atoms with Gasteiger partial charge in [-0.05, 0) is 52.4 Å². The Morgan fingerprint density at radius 3 is 2.32 bits per heavy atom. The van der Waals surface area contributed by atoms with Gasteiger partial charge in [0.15, 0.2) is 0 Å². The van der Waals surface area contributed by atoms with E-state index in [0.717, 1.165) is 51.2 Å². The Bertz CT molecular complexity index is 1670. The molecule has 4 aromatic carbocycles. The second-order valence-corrected chi connectivity index (χ2v) is 9.25. The van der Waals surface area contributed by atoms with Gasteiger partial charge < -0.3 is 4.74 Å². The summed E-state index contributed by atoms with van der Waals surface area (Å²) in [4.78, 5) is 48.2. The molecule has 0 saturated carbocycles. The molecule has 10 nitrogen and oxygen atoms in total. The van der Waals surface area contributed by atoms with Crippen LogP contribution < -0.4 is 4.74 Å². The molecule has 2 amide bonds. The number of fused-ring (bicyclic) bond motifs is 1. The van der Waals surface area contributed by atoms with Crippen molar-refractivity contribution < 1.29 is 24.2 Å². The topological polar surface area (TPSA) is 133 Å². The Balaban J connectivity index is 1.41. The van der Waals surface area contributed by atoms with Gasteiger partial charge in [0.05, 0.1) is 27.4 Å². The standard InChI is InChI=1S/C27H17N3O7S/c31-26-25(38-27(32)28(26)16-17-9-10-18-5-1-2-6-19(18)13-17)14-20-7-3-4-8-23(20)37-24-12-11-21(29(33)34)15-22(24)30(35)36/h1-15H,16H2/b25-14-. The number of nitrogens with zero attached hydrogens (tertiary/aromatic N) is 3. The zero-order chi connectivity index (χ0) is 26.8. The van der Waals surface area contributed by atoms with Crippen molar-refractivity contribution in [2.45, 2.75) is 6.54 Å². The number of hydrogen-bond acceptors (Lipinski definition) is 8. The first-order chi connectivity index (χ1) is 18.3. The van der Waals surface area contributed by atoms with Crippen LogP contribution in [-0.2, 0) is 11.3 Å². The van der Waals surface area contributed by atoms with Gasteiger partial charge in [0.2, 0.25) is 5.75 Å². The lowest BCUT2D eigenvalue weighted by atomic mass is 10.1. The summed E-state index contributed by atoms with van der Waals surface area (Å²) in [6.45, 7) is 0.111. The molecule has 0 aliphatic carbocycles. The number of nitro benzene ring substituents is 2. The van der Waals surface area contributed by atoms with E-state index in [4.69, 9.17) is 4.74 Å². The van der Waals surface area contributed by atoms with Crippen molar-refractivity contribution in [3.8, 4) is 11.5 Å². The van der Waals surface area contributed by atoms with Gasteiger partial charge in [-0.25, -0.2) is 0 Å². The van der Waals surface area contributed by atoms with Crippen LogP contribution in [0.5, 0.6) is 11.5 Å². The average molecular weight is 528 g/mol. The molecule has 1 aliphatic heterocycles. The van der Waals surface area contributed by atoms with Gasteiger partial charge in [-0.15, -0.1) is 0 Å².